The van der Waals surface area contributed by atoms with Crippen LogP contribution >= 0.6 is 34.9 Å². The summed E-state index contributed by atoms with van der Waals surface area (Å²) in [6.07, 6.45) is -14.7. The summed E-state index contributed by atoms with van der Waals surface area (Å²) < 4.78 is 23.2. The smallest absolute Gasteiger partial charge is 0.477 e. The summed E-state index contributed by atoms with van der Waals surface area (Å²) in [5, 5.41) is 103. The number of carbonyl (C=O) groups is 8. The van der Waals surface area contributed by atoms with Crippen LogP contribution in [0.4, 0.5) is 0 Å². The van der Waals surface area contributed by atoms with Crippen molar-refractivity contribution in [3.05, 3.63) is 142 Å². The Bertz CT molecular complexity index is 3090. The molecule has 2 saturated heterocycles. The van der Waals surface area contributed by atoms with Crippen LogP contribution in [0.25, 0.3) is 22.3 Å². The molecular formula is C64H78N6NaO20S3+. The Morgan fingerprint density at radius 2 is 0.862 bits per heavy atom. The molecule has 5 aromatic rings. The summed E-state index contributed by atoms with van der Waals surface area (Å²) in [6.45, 7) is 1.37. The number of thiophene rings is 1. The molecule has 14 N–H and O–H groups in total. The number of ether oxygens (including phenoxy) is 4. The molecule has 12 atom stereocenters. The van der Waals surface area contributed by atoms with Gasteiger partial charge in [-0.15, -0.1) is 11.3 Å². The van der Waals surface area contributed by atoms with E-state index in [0.717, 1.165) is 47.4 Å². The second-order valence-corrected chi connectivity index (χ2v) is 25.5. The summed E-state index contributed by atoms with van der Waals surface area (Å²) >= 11 is 3.81. The van der Waals surface area contributed by atoms with Crippen LogP contribution in [0.15, 0.2) is 121 Å². The number of benzene rings is 4. The summed E-state index contributed by atoms with van der Waals surface area (Å²) in [7, 11) is 0. The summed E-state index contributed by atoms with van der Waals surface area (Å²) in [4.78, 5) is 102. The van der Waals surface area contributed by atoms with Crippen molar-refractivity contribution >= 4 is 82.2 Å². The van der Waals surface area contributed by atoms with Crippen LogP contribution in [0.1, 0.15) is 79.6 Å². The Kier molecular flexibility index (Phi) is 30.4. The van der Waals surface area contributed by atoms with Crippen LogP contribution in [0.2, 0.25) is 0 Å². The van der Waals surface area contributed by atoms with Gasteiger partial charge in [0.2, 0.25) is 11.8 Å². The minimum Gasteiger partial charge on any atom is -0.477 e. The van der Waals surface area contributed by atoms with Crippen LogP contribution in [-0.4, -0.2) is 223 Å². The van der Waals surface area contributed by atoms with Gasteiger partial charge in [-0.3, -0.25) is 28.8 Å². The molecule has 7 rings (SSSR count). The van der Waals surface area contributed by atoms with Gasteiger partial charge < -0.3 is 91.7 Å². The van der Waals surface area contributed by atoms with Gasteiger partial charge in [0.15, 0.2) is 0 Å². The number of aliphatic hydroxyl groups is 6. The van der Waals surface area contributed by atoms with Gasteiger partial charge in [-0.2, -0.15) is 23.5 Å². The van der Waals surface area contributed by atoms with E-state index in [-0.39, 0.29) is 89.6 Å². The van der Waals surface area contributed by atoms with Gasteiger partial charge in [0.25, 0.3) is 35.2 Å². The predicted octanol–water partition coefficient (Wildman–Crippen LogP) is -1.00. The molecule has 6 amide bonds. The molecule has 0 aliphatic carbocycles. The third-order valence-electron chi connectivity index (χ3n) is 15.1. The van der Waals surface area contributed by atoms with E-state index in [0.29, 0.717) is 23.0 Å². The first-order chi connectivity index (χ1) is 44.5. The standard InChI is InChI=1S/C64H78N6O20S3.Na/c1-37(71)69-51-45(73)33-63(61(83)84,89-55(51)53(77)47(75)35-67-57(79)43-19-15-41(16-20-43)39-11-5-3-6-12-39)87-27-9-29-91-31-25-65-59(81)49-23-24-50(93-49)60(82)66-26-32-92-30-10-28-88-64(62(85)86)34-46(74)52(70-38(2)72)56(90-64)54(78)48(76)36-68-58(80)44-21-17-42(18-22-44)40-13-7-4-8-14-40;/h3-8,11-24,45-48,51-56,73-78H,9-10,25-36H2,1-2H3,(H,65,81)(H,66,82)(H,67,79)(H,68,80)(H,69,71)(H,70,72)(H,83,84)(H,85,86);/q;+1/t45-,46-,47+,48+,51+,52+,53?,54?,55+,56+,63+,64+;/m0./s1. The maximum atomic E-state index is 13.0. The van der Waals surface area contributed by atoms with Crippen molar-refractivity contribution < 1.29 is 128 Å². The molecular weight excluding hydrogens is 1290 g/mol. The SMILES string of the molecule is CC(=O)N[C@@H]1[C@@H](O)C[C@](OCCCSCCNC(=O)c2ccc(C(=O)NCCSCCCO[C@]3(C(=O)O)C[C@H](O)[C@@H](NC(C)=O)[C@H](C(O)[C@H](O)CNC(=O)c4ccc(-c5ccccc5)cc4)O3)s2)(C(=O)O)O[C@H]1C(O)[C@H](O)CNC(=O)c1ccc(-c2ccccc2)cc1.[Na+]. The average molecular weight is 1370 g/mol. The summed E-state index contributed by atoms with van der Waals surface area (Å²) in [5.41, 5.74) is 4.16. The minimum absolute atomic E-state index is 0. The van der Waals surface area contributed by atoms with E-state index in [4.69, 9.17) is 18.9 Å². The number of aliphatic hydroxyl groups excluding tert-OH is 6. The van der Waals surface area contributed by atoms with Crippen LogP contribution in [0.3, 0.4) is 0 Å². The van der Waals surface area contributed by atoms with Crippen LogP contribution < -0.4 is 61.5 Å². The Labute approximate surface area is 576 Å². The van der Waals surface area contributed by atoms with Crippen molar-refractivity contribution in [2.75, 3.05) is 62.4 Å². The van der Waals surface area contributed by atoms with Gasteiger partial charge in [-0.25, -0.2) is 9.59 Å². The quantitative estimate of drug-likeness (QED) is 0.0173. The molecule has 94 heavy (non-hydrogen) atoms. The largest absolute Gasteiger partial charge is 1.00 e. The zero-order valence-corrected chi connectivity index (χ0v) is 56.4. The first kappa shape index (κ1) is 76.7. The number of carbonyl (C=O) groups excluding carboxylic acids is 6. The topological polar surface area (TPSA) is 408 Å². The zero-order chi connectivity index (χ0) is 67.2. The van der Waals surface area contributed by atoms with Crippen molar-refractivity contribution in [2.24, 2.45) is 0 Å². The summed E-state index contributed by atoms with van der Waals surface area (Å²) in [6, 6.07) is 32.7. The second-order valence-electron chi connectivity index (χ2n) is 22.0. The van der Waals surface area contributed by atoms with Gasteiger partial charge in [0.1, 0.15) is 24.4 Å². The third-order valence-corrected chi connectivity index (χ3v) is 18.3. The number of aliphatic carboxylic acids is 2. The Morgan fingerprint density at radius 1 is 0.511 bits per heavy atom. The average Bonchev–Trinajstić information content (AvgIpc) is 0.827. The number of carboxylic acid groups (broad SMARTS) is 2. The third kappa shape index (κ3) is 21.6. The van der Waals surface area contributed by atoms with Gasteiger partial charge in [0, 0.05) is 75.5 Å². The number of rotatable bonds is 34. The van der Waals surface area contributed by atoms with Crippen molar-refractivity contribution in [3.63, 3.8) is 0 Å². The molecule has 0 spiro atoms. The van der Waals surface area contributed by atoms with Gasteiger partial charge in [0.05, 0.1) is 59.5 Å². The van der Waals surface area contributed by atoms with E-state index in [9.17, 15) is 79.2 Å². The minimum atomic E-state index is -2.49. The van der Waals surface area contributed by atoms with Crippen molar-refractivity contribution in [1.29, 1.82) is 0 Å². The van der Waals surface area contributed by atoms with Crippen molar-refractivity contribution in [1.82, 2.24) is 31.9 Å². The fourth-order valence-corrected chi connectivity index (χ4v) is 12.7. The molecule has 2 unspecified atom stereocenters. The van der Waals surface area contributed by atoms with Crippen molar-refractivity contribution in [2.45, 2.75) is 112 Å². The molecule has 0 radical (unpaired) electrons. The molecule has 4 aromatic carbocycles. The molecule has 502 valence electrons. The van der Waals surface area contributed by atoms with Gasteiger partial charge in [-0.05, 0) is 83.0 Å². The Morgan fingerprint density at radius 3 is 1.20 bits per heavy atom. The number of nitrogens with one attached hydrogen (secondary N) is 6. The number of thioether (sulfide) groups is 2. The van der Waals surface area contributed by atoms with Crippen LogP contribution in [0, 0.1) is 0 Å². The van der Waals surface area contributed by atoms with E-state index >= 15 is 0 Å². The van der Waals surface area contributed by atoms with Gasteiger partial charge >= 0.3 is 41.5 Å². The van der Waals surface area contributed by atoms with E-state index in [1.165, 1.54) is 35.7 Å². The van der Waals surface area contributed by atoms with Crippen LogP contribution in [-0.2, 0) is 38.1 Å². The molecule has 2 aliphatic rings. The second kappa shape index (κ2) is 37.2. The predicted molar refractivity (Wildman–Crippen MR) is 344 cm³/mol. The molecule has 2 fully saturated rings. The molecule has 30 heteroatoms. The number of hydrogen-bond acceptors (Lipinski definition) is 21. The first-order valence-corrected chi connectivity index (χ1v) is 33.1. The zero-order valence-electron chi connectivity index (χ0n) is 51.9. The van der Waals surface area contributed by atoms with Gasteiger partial charge in [-0.1, -0.05) is 84.9 Å². The fraction of sp³-hybridized carbons (Fsp3) is 0.438. The number of carboxylic acids is 2. The molecule has 2 aliphatic heterocycles. The Balaban J connectivity index is 0.0000140. The van der Waals surface area contributed by atoms with E-state index < -0.39 is 146 Å². The maximum absolute atomic E-state index is 13.0. The van der Waals surface area contributed by atoms with Crippen molar-refractivity contribution in [3.8, 4) is 22.3 Å². The number of hydrogen-bond donors (Lipinski definition) is 14. The first-order valence-electron chi connectivity index (χ1n) is 29.9. The van der Waals surface area contributed by atoms with Crippen LogP contribution in [0.5, 0.6) is 0 Å². The molecule has 3 heterocycles. The maximum Gasteiger partial charge on any atom is 1.00 e. The fourth-order valence-electron chi connectivity index (χ4n) is 10.3. The van der Waals surface area contributed by atoms with E-state index in [1.807, 2.05) is 60.7 Å². The normalized spacial score (nSPS) is 22.2. The molecule has 1 aromatic heterocycles. The Hall–Kier alpha value is -6.36. The molecule has 0 saturated carbocycles. The molecule has 0 bridgehead atoms. The van der Waals surface area contributed by atoms with E-state index in [2.05, 4.69) is 31.9 Å². The van der Waals surface area contributed by atoms with E-state index in [1.54, 1.807) is 48.5 Å². The molecule has 26 nitrogen and oxygen atoms in total. The monoisotopic (exact) mass is 1370 g/mol. The number of amides is 6. The summed E-state index contributed by atoms with van der Waals surface area (Å²) in [5.74, 6) is -9.74.